The second-order valence-corrected chi connectivity index (χ2v) is 8.58. The molecule has 0 spiro atoms. The molecule has 1 aliphatic rings. The van der Waals surface area contributed by atoms with Gasteiger partial charge in [0.15, 0.2) is 0 Å². The average molecular weight is 288 g/mol. The van der Waals surface area contributed by atoms with Crippen molar-refractivity contribution in [3.8, 4) is 0 Å². The van der Waals surface area contributed by atoms with Gasteiger partial charge in [-0.2, -0.15) is 0 Å². The van der Waals surface area contributed by atoms with Crippen LogP contribution in [-0.2, 0) is 9.13 Å². The van der Waals surface area contributed by atoms with Gasteiger partial charge in [-0.1, -0.05) is 32.1 Å². The molecule has 1 rings (SSSR count). The minimum Gasteiger partial charge on any atom is -0.368 e. The van der Waals surface area contributed by atoms with E-state index in [1.165, 1.54) is 0 Å². The monoisotopic (exact) mass is 288 g/mol. The third-order valence-electron chi connectivity index (χ3n) is 3.22. The molecule has 9 heteroatoms. The summed E-state index contributed by atoms with van der Waals surface area (Å²) in [6, 6.07) is 0. The van der Waals surface area contributed by atoms with Gasteiger partial charge in [0.25, 0.3) is 5.08 Å². The fourth-order valence-electron chi connectivity index (χ4n) is 2.19. The highest BCUT2D eigenvalue weighted by molar-refractivity contribution is 7.72. The van der Waals surface area contributed by atoms with Gasteiger partial charge in [0.05, 0.1) is 0 Å². The quantitative estimate of drug-likeness (QED) is 0.486. The maximum Gasteiger partial charge on any atom is 0.369 e. The van der Waals surface area contributed by atoms with E-state index in [0.717, 1.165) is 19.3 Å². The third-order valence-corrected chi connectivity index (χ3v) is 7.01. The Kier molecular flexibility index (Phi) is 4.59. The van der Waals surface area contributed by atoms with Crippen LogP contribution in [0.25, 0.3) is 0 Å². The van der Waals surface area contributed by atoms with Gasteiger partial charge in [-0.25, -0.2) is 0 Å². The lowest BCUT2D eigenvalue weighted by molar-refractivity contribution is 0.0986. The molecule has 0 bridgehead atoms. The molecule has 0 aliphatic heterocycles. The fraction of sp³-hybridized carbons (Fsp3) is 1.00. The minimum absolute atomic E-state index is 0.256. The summed E-state index contributed by atoms with van der Waals surface area (Å²) >= 11 is 0. The highest BCUT2D eigenvalue weighted by Crippen LogP contribution is 2.70. The van der Waals surface area contributed by atoms with Gasteiger partial charge in [-0.3, -0.25) is 9.13 Å². The van der Waals surface area contributed by atoms with Crippen molar-refractivity contribution in [2.75, 3.05) is 0 Å². The Morgan fingerprint density at radius 1 is 0.941 bits per heavy atom. The molecule has 0 heterocycles. The lowest BCUT2D eigenvalue weighted by Gasteiger charge is -2.33. The standard InChI is InChI=1S/C8H18O7P2/c9-8(16(10,11)12,17(13,14)15)6-7-4-2-1-3-5-7/h7,9H,1-6H2,(H2,10,11,12)(H2,13,14,15). The zero-order valence-corrected chi connectivity index (χ0v) is 11.1. The Bertz CT molecular complexity index is 329. The molecule has 0 radical (unpaired) electrons. The Morgan fingerprint density at radius 2 is 1.35 bits per heavy atom. The van der Waals surface area contributed by atoms with Crippen LogP contribution in [-0.4, -0.2) is 29.8 Å². The lowest BCUT2D eigenvalue weighted by Crippen LogP contribution is -2.32. The molecule has 0 atom stereocenters. The van der Waals surface area contributed by atoms with E-state index in [1.54, 1.807) is 0 Å². The molecular weight excluding hydrogens is 270 g/mol. The maximum atomic E-state index is 11.1. The Labute approximate surface area is 99.2 Å². The van der Waals surface area contributed by atoms with Crippen LogP contribution in [0.5, 0.6) is 0 Å². The van der Waals surface area contributed by atoms with Crippen molar-refractivity contribution in [2.24, 2.45) is 5.92 Å². The molecule has 0 aromatic heterocycles. The van der Waals surface area contributed by atoms with Gasteiger partial charge in [0.1, 0.15) is 0 Å². The molecule has 0 amide bonds. The predicted molar refractivity (Wildman–Crippen MR) is 60.2 cm³/mol. The average Bonchev–Trinajstić information content (AvgIpc) is 2.15. The summed E-state index contributed by atoms with van der Waals surface area (Å²) in [6.07, 6.45) is 3.40. The second kappa shape index (κ2) is 5.10. The van der Waals surface area contributed by atoms with Crippen LogP contribution < -0.4 is 0 Å². The first-order chi connectivity index (χ1) is 7.58. The number of aliphatic hydroxyl groups is 1. The van der Waals surface area contributed by atoms with E-state index < -0.39 is 26.7 Å². The van der Waals surface area contributed by atoms with E-state index in [1.807, 2.05) is 0 Å². The first kappa shape index (κ1) is 15.3. The van der Waals surface area contributed by atoms with Crippen LogP contribution in [0, 0.1) is 5.92 Å². The summed E-state index contributed by atoms with van der Waals surface area (Å²) in [5.41, 5.74) is 0. The van der Waals surface area contributed by atoms with Crippen LogP contribution in [0.3, 0.4) is 0 Å². The summed E-state index contributed by atoms with van der Waals surface area (Å²) in [5, 5.41) is 6.48. The van der Waals surface area contributed by atoms with Crippen molar-refractivity contribution in [1.82, 2.24) is 0 Å². The van der Waals surface area contributed by atoms with Crippen molar-refractivity contribution < 1.29 is 33.8 Å². The van der Waals surface area contributed by atoms with E-state index in [4.69, 9.17) is 19.6 Å². The summed E-state index contributed by atoms with van der Waals surface area (Å²) in [6.45, 7) is 0. The van der Waals surface area contributed by atoms with Gasteiger partial charge >= 0.3 is 15.2 Å². The van der Waals surface area contributed by atoms with Gasteiger partial charge in [-0.15, -0.1) is 0 Å². The Balaban J connectivity index is 2.92. The maximum absolute atomic E-state index is 11.1. The van der Waals surface area contributed by atoms with Crippen molar-refractivity contribution in [3.05, 3.63) is 0 Å². The normalized spacial score (nSPS) is 20.5. The third kappa shape index (κ3) is 3.38. The van der Waals surface area contributed by atoms with Gasteiger partial charge < -0.3 is 24.7 Å². The molecule has 17 heavy (non-hydrogen) atoms. The molecule has 0 aromatic rings. The van der Waals surface area contributed by atoms with E-state index in [2.05, 4.69) is 0 Å². The van der Waals surface area contributed by atoms with Crippen molar-refractivity contribution in [2.45, 2.75) is 43.6 Å². The summed E-state index contributed by atoms with van der Waals surface area (Å²) in [7, 11) is -10.6. The van der Waals surface area contributed by atoms with Crippen molar-refractivity contribution in [3.63, 3.8) is 0 Å². The fourth-order valence-corrected chi connectivity index (χ4v) is 4.54. The molecule has 1 aliphatic carbocycles. The molecular formula is C8H18O7P2. The largest absolute Gasteiger partial charge is 0.369 e. The molecule has 1 fully saturated rings. The molecule has 102 valence electrons. The molecule has 5 N–H and O–H groups in total. The van der Waals surface area contributed by atoms with E-state index in [0.29, 0.717) is 12.8 Å². The van der Waals surface area contributed by atoms with Crippen LogP contribution in [0.1, 0.15) is 38.5 Å². The number of hydrogen-bond acceptors (Lipinski definition) is 3. The summed E-state index contributed by atoms with van der Waals surface area (Å²) < 4.78 is 22.3. The molecule has 0 unspecified atom stereocenters. The Morgan fingerprint density at radius 3 is 1.71 bits per heavy atom. The predicted octanol–water partition coefficient (Wildman–Crippen LogP) is 0.958. The van der Waals surface area contributed by atoms with Crippen LogP contribution in [0.15, 0.2) is 0 Å². The van der Waals surface area contributed by atoms with Gasteiger partial charge in [-0.05, 0) is 5.92 Å². The second-order valence-electron chi connectivity index (χ2n) is 4.57. The lowest BCUT2D eigenvalue weighted by atomic mass is 9.87. The number of hydrogen-bond donors (Lipinski definition) is 5. The zero-order chi connectivity index (χ0) is 13.3. The van der Waals surface area contributed by atoms with Gasteiger partial charge in [0, 0.05) is 6.42 Å². The SMILES string of the molecule is O=P(O)(O)C(O)(CC1CCCCC1)P(=O)(O)O. The molecule has 0 aromatic carbocycles. The molecule has 0 saturated heterocycles. The smallest absolute Gasteiger partial charge is 0.368 e. The summed E-state index contributed by atoms with van der Waals surface area (Å²) in [4.78, 5) is 35.9. The highest BCUT2D eigenvalue weighted by atomic mass is 31.2. The van der Waals surface area contributed by atoms with Crippen LogP contribution in [0.4, 0.5) is 0 Å². The first-order valence-corrected chi connectivity index (χ1v) is 8.64. The zero-order valence-electron chi connectivity index (χ0n) is 9.27. The van der Waals surface area contributed by atoms with Crippen molar-refractivity contribution in [1.29, 1.82) is 0 Å². The van der Waals surface area contributed by atoms with E-state index in [9.17, 15) is 14.2 Å². The Hall–Kier alpha value is 0.260. The molecule has 1 saturated carbocycles. The van der Waals surface area contributed by atoms with Crippen LogP contribution in [0.2, 0.25) is 0 Å². The number of rotatable bonds is 4. The van der Waals surface area contributed by atoms with Crippen LogP contribution >= 0.6 is 15.2 Å². The van der Waals surface area contributed by atoms with Gasteiger partial charge in [0.2, 0.25) is 0 Å². The summed E-state index contributed by atoms with van der Waals surface area (Å²) in [5.74, 6) is -0.256. The minimum atomic E-state index is -5.28. The van der Waals surface area contributed by atoms with E-state index in [-0.39, 0.29) is 5.92 Å². The topological polar surface area (TPSA) is 135 Å². The van der Waals surface area contributed by atoms with Crippen molar-refractivity contribution >= 4 is 15.2 Å². The first-order valence-electron chi connectivity index (χ1n) is 5.41. The molecule has 7 nitrogen and oxygen atoms in total. The highest BCUT2D eigenvalue weighted by Gasteiger charge is 2.59. The van der Waals surface area contributed by atoms with E-state index >= 15 is 0 Å².